The number of benzene rings is 1. The molecule has 0 unspecified atom stereocenters. The van der Waals surface area contributed by atoms with Crippen molar-refractivity contribution in [3.05, 3.63) is 50.4 Å². The Bertz CT molecular complexity index is 566. The van der Waals surface area contributed by atoms with Gasteiger partial charge >= 0.3 is 0 Å². The summed E-state index contributed by atoms with van der Waals surface area (Å²) in [6.07, 6.45) is 2.39. The molecule has 17 heavy (non-hydrogen) atoms. The van der Waals surface area contributed by atoms with Crippen molar-refractivity contribution < 1.29 is 4.39 Å². The van der Waals surface area contributed by atoms with E-state index in [0.717, 1.165) is 6.20 Å². The van der Waals surface area contributed by atoms with Gasteiger partial charge in [0, 0.05) is 17.3 Å². The van der Waals surface area contributed by atoms with Gasteiger partial charge in [0.15, 0.2) is 5.82 Å². The Balaban J connectivity index is 2.73. The molecule has 0 aliphatic carbocycles. The van der Waals surface area contributed by atoms with Crippen LogP contribution in [0.4, 0.5) is 4.39 Å². The Morgan fingerprint density at radius 1 is 0.824 bits per heavy atom. The van der Waals surface area contributed by atoms with Gasteiger partial charge in [0.2, 0.25) is 0 Å². The fourth-order valence-electron chi connectivity index (χ4n) is 1.38. The number of nitrogens with zero attached hydrogens (tertiary/aromatic N) is 1. The zero-order chi connectivity index (χ0) is 12.6. The maximum atomic E-state index is 13.7. The molecule has 0 N–H and O–H groups in total. The molecule has 88 valence electrons. The largest absolute Gasteiger partial charge is 0.260 e. The van der Waals surface area contributed by atoms with Gasteiger partial charge < -0.3 is 0 Å². The summed E-state index contributed by atoms with van der Waals surface area (Å²) in [5.74, 6) is -0.571. The van der Waals surface area contributed by atoms with E-state index in [4.69, 9.17) is 46.4 Å². The van der Waals surface area contributed by atoms with Crippen LogP contribution in [0.5, 0.6) is 0 Å². The lowest BCUT2D eigenvalue weighted by Crippen LogP contribution is -1.89. The molecule has 0 bridgehead atoms. The van der Waals surface area contributed by atoms with E-state index in [1.54, 1.807) is 0 Å². The van der Waals surface area contributed by atoms with Crippen molar-refractivity contribution in [1.82, 2.24) is 4.98 Å². The van der Waals surface area contributed by atoms with Crippen LogP contribution in [0.3, 0.4) is 0 Å². The van der Waals surface area contributed by atoms with Gasteiger partial charge in [-0.3, -0.25) is 4.98 Å². The molecule has 0 saturated heterocycles. The summed E-state index contributed by atoms with van der Waals surface area (Å²) in [5.41, 5.74) is 0.538. The molecule has 1 heterocycles. The first-order valence-corrected chi connectivity index (χ1v) is 5.96. The average Bonchev–Trinajstić information content (AvgIpc) is 2.25. The normalized spacial score (nSPS) is 10.6. The molecule has 0 atom stereocenters. The third kappa shape index (κ3) is 2.50. The standard InChI is InChI=1S/C11H4Cl4FN/c12-6-2-8(14)7(13)1-5(6)11-9(15)3-17-4-10(11)16/h1-4H. The summed E-state index contributed by atoms with van der Waals surface area (Å²) >= 11 is 23.5. The molecule has 0 fully saturated rings. The van der Waals surface area contributed by atoms with Gasteiger partial charge in [-0.05, 0) is 12.1 Å². The number of aromatic nitrogens is 1. The minimum atomic E-state index is -0.571. The maximum Gasteiger partial charge on any atom is 0.150 e. The quantitative estimate of drug-likeness (QED) is 0.634. The van der Waals surface area contributed by atoms with Crippen molar-refractivity contribution in [1.29, 1.82) is 0 Å². The predicted octanol–water partition coefficient (Wildman–Crippen LogP) is 5.50. The Morgan fingerprint density at radius 3 is 2.12 bits per heavy atom. The van der Waals surface area contributed by atoms with Gasteiger partial charge in [-0.1, -0.05) is 46.4 Å². The Kier molecular flexibility index (Phi) is 3.79. The summed E-state index contributed by atoms with van der Waals surface area (Å²) in [6, 6.07) is 2.91. The zero-order valence-electron chi connectivity index (χ0n) is 8.15. The lowest BCUT2D eigenvalue weighted by Gasteiger charge is -2.09. The highest BCUT2D eigenvalue weighted by atomic mass is 35.5. The van der Waals surface area contributed by atoms with Gasteiger partial charge in [0.1, 0.15) is 0 Å². The minimum Gasteiger partial charge on any atom is -0.260 e. The molecular formula is C11H4Cl4FN. The lowest BCUT2D eigenvalue weighted by molar-refractivity contribution is 0.625. The summed E-state index contributed by atoms with van der Waals surface area (Å²) < 4.78 is 13.7. The average molecular weight is 311 g/mol. The number of rotatable bonds is 1. The van der Waals surface area contributed by atoms with E-state index in [9.17, 15) is 4.39 Å². The number of pyridine rings is 1. The third-order valence-electron chi connectivity index (χ3n) is 2.13. The van der Waals surface area contributed by atoms with Crippen molar-refractivity contribution in [2.75, 3.05) is 0 Å². The van der Waals surface area contributed by atoms with Gasteiger partial charge in [-0.2, -0.15) is 0 Å². The number of halogens is 5. The predicted molar refractivity (Wildman–Crippen MR) is 69.7 cm³/mol. The number of hydrogen-bond acceptors (Lipinski definition) is 1. The van der Waals surface area contributed by atoms with Crippen molar-refractivity contribution in [3.63, 3.8) is 0 Å². The second-order valence-corrected chi connectivity index (χ2v) is 4.85. The first kappa shape index (κ1) is 12.9. The molecule has 0 aliphatic heterocycles. The molecule has 1 aromatic carbocycles. The first-order valence-electron chi connectivity index (χ1n) is 4.44. The molecule has 6 heteroatoms. The fraction of sp³-hybridized carbons (Fsp3) is 0. The molecular weight excluding hydrogens is 307 g/mol. The van der Waals surface area contributed by atoms with Crippen LogP contribution in [0, 0.1) is 5.82 Å². The molecule has 0 saturated carbocycles. The van der Waals surface area contributed by atoms with E-state index >= 15 is 0 Å². The van der Waals surface area contributed by atoms with E-state index < -0.39 is 5.82 Å². The van der Waals surface area contributed by atoms with E-state index in [2.05, 4.69) is 4.98 Å². The van der Waals surface area contributed by atoms with Crippen molar-refractivity contribution >= 4 is 46.4 Å². The van der Waals surface area contributed by atoms with Crippen LogP contribution in [0.15, 0.2) is 24.5 Å². The van der Waals surface area contributed by atoms with Crippen molar-refractivity contribution in [2.45, 2.75) is 0 Å². The Hall–Kier alpha value is -0.540. The zero-order valence-corrected chi connectivity index (χ0v) is 11.2. The van der Waals surface area contributed by atoms with Crippen molar-refractivity contribution in [3.8, 4) is 11.1 Å². The molecule has 2 aromatic rings. The molecule has 0 radical (unpaired) electrons. The van der Waals surface area contributed by atoms with Crippen LogP contribution in [0.1, 0.15) is 0 Å². The smallest absolute Gasteiger partial charge is 0.150 e. The van der Waals surface area contributed by atoms with E-state index in [0.29, 0.717) is 10.6 Å². The summed E-state index contributed by atoms with van der Waals surface area (Å²) in [5, 5.41) is 1.00. The van der Waals surface area contributed by atoms with E-state index in [1.165, 1.54) is 18.3 Å². The highest BCUT2D eigenvalue weighted by Crippen LogP contribution is 2.38. The Labute approximate surface area is 117 Å². The lowest BCUT2D eigenvalue weighted by atomic mass is 10.1. The van der Waals surface area contributed by atoms with Crippen LogP contribution in [0.2, 0.25) is 20.1 Å². The van der Waals surface area contributed by atoms with E-state index in [1.807, 2.05) is 0 Å². The first-order chi connectivity index (χ1) is 8.00. The van der Waals surface area contributed by atoms with Crippen molar-refractivity contribution in [2.24, 2.45) is 0 Å². The van der Waals surface area contributed by atoms with Crippen LogP contribution >= 0.6 is 46.4 Å². The SMILES string of the molecule is Fc1cncc(Cl)c1-c1cc(Cl)c(Cl)cc1Cl. The van der Waals surface area contributed by atoms with Gasteiger partial charge in [-0.25, -0.2) is 4.39 Å². The number of hydrogen-bond donors (Lipinski definition) is 0. The highest BCUT2D eigenvalue weighted by molar-refractivity contribution is 6.44. The molecule has 0 spiro atoms. The monoisotopic (exact) mass is 309 g/mol. The second-order valence-electron chi connectivity index (χ2n) is 3.22. The molecule has 0 aliphatic rings. The third-order valence-corrected chi connectivity index (χ3v) is 3.45. The highest BCUT2D eigenvalue weighted by Gasteiger charge is 2.15. The maximum absolute atomic E-state index is 13.7. The van der Waals surface area contributed by atoms with Crippen LogP contribution in [-0.2, 0) is 0 Å². The van der Waals surface area contributed by atoms with Crippen LogP contribution < -0.4 is 0 Å². The molecule has 0 amide bonds. The van der Waals surface area contributed by atoms with Gasteiger partial charge in [-0.15, -0.1) is 0 Å². The topological polar surface area (TPSA) is 12.9 Å². The molecule has 2 rings (SSSR count). The van der Waals surface area contributed by atoms with Crippen LogP contribution in [-0.4, -0.2) is 4.98 Å². The van der Waals surface area contributed by atoms with Gasteiger partial charge in [0.25, 0.3) is 0 Å². The second kappa shape index (κ2) is 4.99. The van der Waals surface area contributed by atoms with E-state index in [-0.39, 0.29) is 20.6 Å². The summed E-state index contributed by atoms with van der Waals surface area (Å²) in [6.45, 7) is 0. The van der Waals surface area contributed by atoms with Gasteiger partial charge in [0.05, 0.1) is 26.3 Å². The minimum absolute atomic E-state index is 0.158. The summed E-state index contributed by atoms with van der Waals surface area (Å²) in [4.78, 5) is 3.63. The summed E-state index contributed by atoms with van der Waals surface area (Å²) in [7, 11) is 0. The molecule has 1 aromatic heterocycles. The molecule has 1 nitrogen and oxygen atoms in total. The fourth-order valence-corrected chi connectivity index (χ4v) is 2.27. The Morgan fingerprint density at radius 2 is 1.47 bits per heavy atom. The van der Waals surface area contributed by atoms with Crippen LogP contribution in [0.25, 0.3) is 11.1 Å².